The molecule has 0 radical (unpaired) electrons. The van der Waals surface area contributed by atoms with Crippen molar-refractivity contribution < 1.29 is 0 Å². The highest BCUT2D eigenvalue weighted by atomic mass is 15.2. The van der Waals surface area contributed by atoms with Crippen molar-refractivity contribution in [3.8, 4) is 0 Å². The SMILES string of the molecule is CCCN=C(NN)c1ccncc1C. The van der Waals surface area contributed by atoms with Crippen LogP contribution in [0.4, 0.5) is 0 Å². The van der Waals surface area contributed by atoms with Crippen molar-refractivity contribution in [3.05, 3.63) is 29.6 Å². The third kappa shape index (κ3) is 2.53. The van der Waals surface area contributed by atoms with Crippen molar-refractivity contribution in [2.75, 3.05) is 6.54 Å². The minimum absolute atomic E-state index is 0.728. The molecule has 0 atom stereocenters. The summed E-state index contributed by atoms with van der Waals surface area (Å²) < 4.78 is 0. The molecule has 0 aromatic carbocycles. The number of hydrogen-bond acceptors (Lipinski definition) is 3. The first-order chi connectivity index (χ1) is 6.79. The second-order valence-corrected chi connectivity index (χ2v) is 3.07. The third-order valence-corrected chi connectivity index (χ3v) is 1.91. The molecule has 0 fully saturated rings. The van der Waals surface area contributed by atoms with E-state index in [4.69, 9.17) is 5.84 Å². The van der Waals surface area contributed by atoms with Gasteiger partial charge < -0.3 is 5.43 Å². The summed E-state index contributed by atoms with van der Waals surface area (Å²) in [4.78, 5) is 8.36. The van der Waals surface area contributed by atoms with Gasteiger partial charge in [0.25, 0.3) is 0 Å². The van der Waals surface area contributed by atoms with Gasteiger partial charge in [0.1, 0.15) is 5.84 Å². The Morgan fingerprint density at radius 2 is 2.43 bits per heavy atom. The highest BCUT2D eigenvalue weighted by Gasteiger charge is 2.03. The van der Waals surface area contributed by atoms with Gasteiger partial charge in [-0.3, -0.25) is 9.98 Å². The summed E-state index contributed by atoms with van der Waals surface area (Å²) in [5.41, 5.74) is 4.70. The molecule has 0 aliphatic heterocycles. The van der Waals surface area contributed by atoms with Crippen molar-refractivity contribution in [3.63, 3.8) is 0 Å². The fourth-order valence-electron chi connectivity index (χ4n) is 1.17. The van der Waals surface area contributed by atoms with Gasteiger partial charge in [-0.15, -0.1) is 0 Å². The fraction of sp³-hybridized carbons (Fsp3) is 0.400. The monoisotopic (exact) mass is 192 g/mol. The van der Waals surface area contributed by atoms with Crippen LogP contribution < -0.4 is 11.3 Å². The van der Waals surface area contributed by atoms with Crippen LogP contribution in [-0.2, 0) is 0 Å². The normalized spacial score (nSPS) is 11.5. The van der Waals surface area contributed by atoms with Gasteiger partial charge in [0.05, 0.1) is 0 Å². The highest BCUT2D eigenvalue weighted by Crippen LogP contribution is 2.05. The fourth-order valence-corrected chi connectivity index (χ4v) is 1.17. The molecule has 1 rings (SSSR count). The molecular formula is C10H16N4. The molecule has 0 aliphatic rings. The van der Waals surface area contributed by atoms with E-state index in [2.05, 4.69) is 22.3 Å². The van der Waals surface area contributed by atoms with E-state index in [1.807, 2.05) is 13.0 Å². The van der Waals surface area contributed by atoms with Gasteiger partial charge in [-0.05, 0) is 25.0 Å². The average Bonchev–Trinajstić information content (AvgIpc) is 2.21. The van der Waals surface area contributed by atoms with Crippen LogP contribution in [0.25, 0.3) is 0 Å². The number of nitrogens with zero attached hydrogens (tertiary/aromatic N) is 2. The van der Waals surface area contributed by atoms with E-state index in [1.54, 1.807) is 12.4 Å². The van der Waals surface area contributed by atoms with Gasteiger partial charge in [-0.25, -0.2) is 5.84 Å². The Morgan fingerprint density at radius 1 is 1.64 bits per heavy atom. The van der Waals surface area contributed by atoms with Crippen molar-refractivity contribution >= 4 is 5.84 Å². The maximum absolute atomic E-state index is 5.41. The summed E-state index contributed by atoms with van der Waals surface area (Å²) in [6.45, 7) is 4.85. The van der Waals surface area contributed by atoms with Crippen LogP contribution >= 0.6 is 0 Å². The molecule has 0 unspecified atom stereocenters. The summed E-state index contributed by atoms with van der Waals surface area (Å²) in [6, 6.07) is 1.91. The molecule has 4 heteroatoms. The number of nitrogens with two attached hydrogens (primary N) is 1. The lowest BCUT2D eigenvalue weighted by molar-refractivity contribution is 0.906. The lowest BCUT2D eigenvalue weighted by atomic mass is 10.1. The number of aryl methyl sites for hydroxylation is 1. The summed E-state index contributed by atoms with van der Waals surface area (Å²) in [5.74, 6) is 6.14. The van der Waals surface area contributed by atoms with E-state index < -0.39 is 0 Å². The van der Waals surface area contributed by atoms with Crippen molar-refractivity contribution in [2.45, 2.75) is 20.3 Å². The zero-order valence-corrected chi connectivity index (χ0v) is 8.62. The summed E-state index contributed by atoms with van der Waals surface area (Å²) in [5, 5.41) is 0. The third-order valence-electron chi connectivity index (χ3n) is 1.91. The molecule has 1 heterocycles. The maximum Gasteiger partial charge on any atom is 0.142 e. The Kier molecular flexibility index (Phi) is 4.07. The zero-order valence-electron chi connectivity index (χ0n) is 8.62. The minimum Gasteiger partial charge on any atom is -0.308 e. The first kappa shape index (κ1) is 10.7. The molecule has 1 aromatic heterocycles. The summed E-state index contributed by atoms with van der Waals surface area (Å²) >= 11 is 0. The molecule has 0 spiro atoms. The summed E-state index contributed by atoms with van der Waals surface area (Å²) in [7, 11) is 0. The predicted octanol–water partition coefficient (Wildman–Crippen LogP) is 1.01. The number of aliphatic imine (C=N–C) groups is 1. The molecule has 0 saturated heterocycles. The zero-order chi connectivity index (χ0) is 10.4. The Labute approximate surface area is 84.2 Å². The van der Waals surface area contributed by atoms with Gasteiger partial charge in [-0.1, -0.05) is 6.92 Å². The number of aromatic nitrogens is 1. The average molecular weight is 192 g/mol. The number of pyridine rings is 1. The van der Waals surface area contributed by atoms with E-state index >= 15 is 0 Å². The first-order valence-corrected chi connectivity index (χ1v) is 4.71. The van der Waals surface area contributed by atoms with Gasteiger partial charge in [-0.2, -0.15) is 0 Å². The number of nitrogens with one attached hydrogen (secondary N) is 1. The van der Waals surface area contributed by atoms with Crippen LogP contribution in [-0.4, -0.2) is 17.4 Å². The van der Waals surface area contributed by atoms with Crippen molar-refractivity contribution in [2.24, 2.45) is 10.8 Å². The smallest absolute Gasteiger partial charge is 0.142 e. The summed E-state index contributed by atoms with van der Waals surface area (Å²) in [6.07, 6.45) is 4.55. The molecule has 76 valence electrons. The van der Waals surface area contributed by atoms with Crippen LogP contribution in [0.5, 0.6) is 0 Å². The van der Waals surface area contributed by atoms with Gasteiger partial charge >= 0.3 is 0 Å². The lowest BCUT2D eigenvalue weighted by Gasteiger charge is -2.07. The number of rotatable bonds is 3. The van der Waals surface area contributed by atoms with Crippen molar-refractivity contribution in [1.82, 2.24) is 10.4 Å². The van der Waals surface area contributed by atoms with E-state index in [0.29, 0.717) is 0 Å². The molecule has 0 saturated carbocycles. The van der Waals surface area contributed by atoms with Crippen LogP contribution in [0, 0.1) is 6.92 Å². The second kappa shape index (κ2) is 5.34. The Hall–Kier alpha value is -1.42. The highest BCUT2D eigenvalue weighted by molar-refractivity contribution is 5.99. The van der Waals surface area contributed by atoms with E-state index in [1.165, 1.54) is 0 Å². The topological polar surface area (TPSA) is 63.3 Å². The number of hydrogen-bond donors (Lipinski definition) is 2. The largest absolute Gasteiger partial charge is 0.308 e. The Balaban J connectivity index is 2.95. The van der Waals surface area contributed by atoms with Gasteiger partial charge in [0.15, 0.2) is 0 Å². The molecule has 3 N–H and O–H groups in total. The van der Waals surface area contributed by atoms with Crippen LogP contribution in [0.2, 0.25) is 0 Å². The molecule has 14 heavy (non-hydrogen) atoms. The molecule has 4 nitrogen and oxygen atoms in total. The molecule has 0 aliphatic carbocycles. The van der Waals surface area contributed by atoms with Crippen molar-refractivity contribution in [1.29, 1.82) is 0 Å². The maximum atomic E-state index is 5.41. The Bertz CT molecular complexity index is 320. The Morgan fingerprint density at radius 3 is 3.00 bits per heavy atom. The molecule has 1 aromatic rings. The predicted molar refractivity (Wildman–Crippen MR) is 58.0 cm³/mol. The van der Waals surface area contributed by atoms with Gasteiger partial charge in [0.2, 0.25) is 0 Å². The lowest BCUT2D eigenvalue weighted by Crippen LogP contribution is -2.32. The van der Waals surface area contributed by atoms with Crippen LogP contribution in [0.1, 0.15) is 24.5 Å². The van der Waals surface area contributed by atoms with E-state index in [9.17, 15) is 0 Å². The standard InChI is InChI=1S/C10H16N4/c1-3-5-13-10(14-11)9-4-6-12-7-8(9)2/h4,6-7H,3,5,11H2,1-2H3,(H,13,14). The van der Waals surface area contributed by atoms with Crippen LogP contribution in [0.15, 0.2) is 23.5 Å². The number of amidine groups is 1. The number of hydrazine groups is 1. The van der Waals surface area contributed by atoms with Crippen LogP contribution in [0.3, 0.4) is 0 Å². The molecule has 0 bridgehead atoms. The van der Waals surface area contributed by atoms with E-state index in [0.717, 1.165) is 29.9 Å². The molecule has 0 amide bonds. The molecular weight excluding hydrogens is 176 g/mol. The first-order valence-electron chi connectivity index (χ1n) is 4.71. The van der Waals surface area contributed by atoms with E-state index in [-0.39, 0.29) is 0 Å². The minimum atomic E-state index is 0.728. The quantitative estimate of drug-likeness (QED) is 0.325. The second-order valence-electron chi connectivity index (χ2n) is 3.07. The van der Waals surface area contributed by atoms with Gasteiger partial charge in [0, 0.05) is 24.5 Å².